The number of nitrogens with two attached hydrogens (primary N) is 1. The van der Waals surface area contributed by atoms with Crippen molar-refractivity contribution in [2.75, 3.05) is 5.73 Å². The Morgan fingerprint density at radius 1 is 0.810 bits per heavy atom. The highest BCUT2D eigenvalue weighted by Gasteiger charge is 2.21. The van der Waals surface area contributed by atoms with Gasteiger partial charge >= 0.3 is 0 Å². The van der Waals surface area contributed by atoms with Gasteiger partial charge in [-0.2, -0.15) is 0 Å². The summed E-state index contributed by atoms with van der Waals surface area (Å²) in [6.45, 7) is 0. The van der Waals surface area contributed by atoms with Crippen molar-refractivity contribution in [2.24, 2.45) is 0 Å². The molecule has 0 aliphatic carbocycles. The zero-order chi connectivity index (χ0) is 15.3. The smallest absolute Gasteiger partial charge is 0.206 e. The molecule has 2 aromatic carbocycles. The van der Waals surface area contributed by atoms with Crippen LogP contribution in [-0.2, 0) is 0 Å². The zero-order valence-electron chi connectivity index (χ0n) is 10.2. The van der Waals surface area contributed by atoms with Crippen LogP contribution in [0.4, 0.5) is 27.9 Å². The first kappa shape index (κ1) is 13.3. The van der Waals surface area contributed by atoms with E-state index in [-0.39, 0.29) is 11.0 Å². The highest BCUT2D eigenvalue weighted by molar-refractivity contribution is 5.81. The Balaban J connectivity index is 2.44. The second-order valence-electron chi connectivity index (χ2n) is 4.28. The van der Waals surface area contributed by atoms with Crippen molar-refractivity contribution in [1.29, 1.82) is 0 Å². The molecule has 21 heavy (non-hydrogen) atoms. The molecule has 108 valence electrons. The molecule has 0 aliphatic rings. The molecule has 0 atom stereocenters. The maximum atomic E-state index is 13.8. The summed E-state index contributed by atoms with van der Waals surface area (Å²) in [5, 5.41) is 0. The van der Waals surface area contributed by atoms with E-state index in [2.05, 4.69) is 4.98 Å². The fourth-order valence-corrected chi connectivity index (χ4v) is 2.10. The Labute approximate surface area is 114 Å². The van der Waals surface area contributed by atoms with Crippen LogP contribution in [0.3, 0.4) is 0 Å². The molecule has 3 aromatic rings. The van der Waals surface area contributed by atoms with E-state index in [0.29, 0.717) is 22.8 Å². The minimum atomic E-state index is -1.27. The third-order valence-electron chi connectivity index (χ3n) is 2.91. The van der Waals surface area contributed by atoms with Gasteiger partial charge in [-0.05, 0) is 0 Å². The maximum absolute atomic E-state index is 13.8. The van der Waals surface area contributed by atoms with E-state index in [0.717, 1.165) is 6.07 Å². The molecular weight excluding hydrogens is 293 g/mol. The van der Waals surface area contributed by atoms with Crippen LogP contribution in [0.25, 0.3) is 16.7 Å². The average molecular weight is 299 g/mol. The SMILES string of the molecule is Nc1nc2c(F)cc(F)cc2n1-c1c(F)cc(F)cc1F. The topological polar surface area (TPSA) is 43.8 Å². The highest BCUT2D eigenvalue weighted by Crippen LogP contribution is 2.29. The van der Waals surface area contributed by atoms with E-state index in [1.165, 1.54) is 0 Å². The summed E-state index contributed by atoms with van der Waals surface area (Å²) >= 11 is 0. The van der Waals surface area contributed by atoms with Crippen molar-refractivity contribution in [3.05, 3.63) is 53.4 Å². The van der Waals surface area contributed by atoms with Gasteiger partial charge in [-0.25, -0.2) is 26.9 Å². The molecule has 0 radical (unpaired) electrons. The fourth-order valence-electron chi connectivity index (χ4n) is 2.10. The van der Waals surface area contributed by atoms with E-state index in [9.17, 15) is 22.0 Å². The summed E-state index contributed by atoms with van der Waals surface area (Å²) in [6.07, 6.45) is 0. The molecule has 0 saturated carbocycles. The molecule has 0 unspecified atom stereocenters. The van der Waals surface area contributed by atoms with Gasteiger partial charge < -0.3 is 5.73 Å². The van der Waals surface area contributed by atoms with Crippen LogP contribution >= 0.6 is 0 Å². The van der Waals surface area contributed by atoms with Gasteiger partial charge in [0.05, 0.1) is 5.52 Å². The number of nitrogens with zero attached hydrogens (tertiary/aromatic N) is 2. The van der Waals surface area contributed by atoms with Crippen molar-refractivity contribution < 1.29 is 22.0 Å². The maximum Gasteiger partial charge on any atom is 0.206 e. The van der Waals surface area contributed by atoms with Gasteiger partial charge in [0, 0.05) is 24.3 Å². The van der Waals surface area contributed by atoms with Gasteiger partial charge in [-0.15, -0.1) is 0 Å². The normalized spacial score (nSPS) is 11.3. The van der Waals surface area contributed by atoms with E-state index in [1.54, 1.807) is 0 Å². The van der Waals surface area contributed by atoms with Crippen molar-refractivity contribution >= 4 is 17.0 Å². The van der Waals surface area contributed by atoms with E-state index in [1.807, 2.05) is 0 Å². The lowest BCUT2D eigenvalue weighted by atomic mass is 10.2. The van der Waals surface area contributed by atoms with Crippen molar-refractivity contribution in [2.45, 2.75) is 0 Å². The molecule has 0 fully saturated rings. The van der Waals surface area contributed by atoms with Crippen LogP contribution < -0.4 is 5.73 Å². The Morgan fingerprint density at radius 2 is 1.33 bits per heavy atom. The first-order valence-electron chi connectivity index (χ1n) is 5.66. The molecule has 0 aliphatic heterocycles. The number of fused-ring (bicyclic) bond motifs is 1. The molecule has 0 spiro atoms. The zero-order valence-corrected chi connectivity index (χ0v) is 10.2. The van der Waals surface area contributed by atoms with Gasteiger partial charge in [0.15, 0.2) is 17.5 Å². The van der Waals surface area contributed by atoms with E-state index in [4.69, 9.17) is 5.73 Å². The number of hydrogen-bond acceptors (Lipinski definition) is 2. The number of anilines is 1. The lowest BCUT2D eigenvalue weighted by Gasteiger charge is -2.09. The number of halogens is 5. The Hall–Kier alpha value is -2.64. The first-order valence-corrected chi connectivity index (χ1v) is 5.66. The number of aromatic nitrogens is 2. The molecule has 3 rings (SSSR count). The first-order chi connectivity index (χ1) is 9.88. The van der Waals surface area contributed by atoms with Crippen molar-refractivity contribution in [3.8, 4) is 5.69 Å². The van der Waals surface area contributed by atoms with Gasteiger partial charge in [0.25, 0.3) is 0 Å². The quantitative estimate of drug-likeness (QED) is 0.701. The van der Waals surface area contributed by atoms with Gasteiger partial charge in [-0.3, -0.25) is 4.57 Å². The lowest BCUT2D eigenvalue weighted by Crippen LogP contribution is -2.06. The van der Waals surface area contributed by atoms with Crippen LogP contribution in [0.2, 0.25) is 0 Å². The molecule has 1 aromatic heterocycles. The van der Waals surface area contributed by atoms with Crippen LogP contribution in [0.5, 0.6) is 0 Å². The van der Waals surface area contributed by atoms with Crippen LogP contribution in [0.15, 0.2) is 24.3 Å². The molecule has 1 heterocycles. The van der Waals surface area contributed by atoms with Crippen LogP contribution in [0, 0.1) is 29.1 Å². The number of benzene rings is 2. The van der Waals surface area contributed by atoms with Gasteiger partial charge in [-0.1, -0.05) is 0 Å². The third kappa shape index (κ3) is 1.99. The monoisotopic (exact) mass is 299 g/mol. The molecule has 3 nitrogen and oxygen atoms in total. The Kier molecular flexibility index (Phi) is 2.82. The van der Waals surface area contributed by atoms with Crippen molar-refractivity contribution in [3.63, 3.8) is 0 Å². The molecule has 0 amide bonds. The fraction of sp³-hybridized carbons (Fsp3) is 0. The standard InChI is InChI=1S/C13H6F5N3/c14-5-2-8(17)12(9(18)3-5)21-10-4-6(15)1-7(16)11(10)20-13(21)19/h1-4H,(H2,19,20). The Morgan fingerprint density at radius 3 is 1.95 bits per heavy atom. The predicted molar refractivity (Wildman–Crippen MR) is 65.3 cm³/mol. The molecule has 0 bridgehead atoms. The van der Waals surface area contributed by atoms with E-state index >= 15 is 0 Å². The second-order valence-corrected chi connectivity index (χ2v) is 4.28. The number of imidazole rings is 1. The Bertz CT molecular complexity index is 849. The number of hydrogen-bond donors (Lipinski definition) is 1. The summed E-state index contributed by atoms with van der Waals surface area (Å²) in [5.74, 6) is -6.14. The minimum Gasteiger partial charge on any atom is -0.369 e. The van der Waals surface area contributed by atoms with Crippen LogP contribution in [0.1, 0.15) is 0 Å². The second kappa shape index (κ2) is 4.44. The van der Waals surface area contributed by atoms with Crippen LogP contribution in [-0.4, -0.2) is 9.55 Å². The molecular formula is C13H6F5N3. The lowest BCUT2D eigenvalue weighted by molar-refractivity contribution is 0.535. The van der Waals surface area contributed by atoms with Crippen molar-refractivity contribution in [1.82, 2.24) is 9.55 Å². The number of rotatable bonds is 1. The summed E-state index contributed by atoms with van der Waals surface area (Å²) in [4.78, 5) is 3.61. The van der Waals surface area contributed by atoms with E-state index < -0.39 is 40.7 Å². The third-order valence-corrected chi connectivity index (χ3v) is 2.91. The summed E-state index contributed by atoms with van der Waals surface area (Å²) in [6, 6.07) is 2.25. The highest BCUT2D eigenvalue weighted by atomic mass is 19.2. The molecule has 0 saturated heterocycles. The molecule has 8 heteroatoms. The molecule has 2 N–H and O–H groups in total. The summed E-state index contributed by atoms with van der Waals surface area (Å²) < 4.78 is 68.1. The van der Waals surface area contributed by atoms with Gasteiger partial charge in [0.2, 0.25) is 5.95 Å². The minimum absolute atomic E-state index is 0.269. The summed E-state index contributed by atoms with van der Waals surface area (Å²) in [7, 11) is 0. The number of nitrogen functional groups attached to an aromatic ring is 1. The predicted octanol–water partition coefficient (Wildman–Crippen LogP) is 3.30. The largest absolute Gasteiger partial charge is 0.369 e. The summed E-state index contributed by atoms with van der Waals surface area (Å²) in [5.41, 5.74) is 4.13. The van der Waals surface area contributed by atoms with Gasteiger partial charge in [0.1, 0.15) is 22.8 Å². The average Bonchev–Trinajstić information content (AvgIpc) is 2.66.